The van der Waals surface area contributed by atoms with Gasteiger partial charge in [-0.2, -0.15) is 4.31 Å². The highest BCUT2D eigenvalue weighted by molar-refractivity contribution is 7.89. The van der Waals surface area contributed by atoms with Gasteiger partial charge in [-0.25, -0.2) is 13.2 Å². The first-order valence-corrected chi connectivity index (χ1v) is 10.1. The minimum Gasteiger partial charge on any atom is -0.478 e. The Bertz CT molecular complexity index is 1010. The van der Waals surface area contributed by atoms with Gasteiger partial charge in [-0.1, -0.05) is 18.2 Å². The van der Waals surface area contributed by atoms with Crippen molar-refractivity contribution in [1.82, 2.24) is 4.31 Å². The molecular formula is C20H21NO5S. The summed E-state index contributed by atoms with van der Waals surface area (Å²) < 4.78 is 27.3. The highest BCUT2D eigenvalue weighted by Gasteiger charge is 2.39. The summed E-state index contributed by atoms with van der Waals surface area (Å²) in [6, 6.07) is 9.81. The van der Waals surface area contributed by atoms with Gasteiger partial charge in [-0.05, 0) is 62.1 Å². The van der Waals surface area contributed by atoms with Gasteiger partial charge < -0.3 is 5.11 Å². The largest absolute Gasteiger partial charge is 0.478 e. The van der Waals surface area contributed by atoms with Crippen LogP contribution < -0.4 is 0 Å². The average molecular weight is 387 g/mol. The van der Waals surface area contributed by atoms with Crippen molar-refractivity contribution in [2.45, 2.75) is 37.6 Å². The third-order valence-electron chi connectivity index (χ3n) is 4.99. The monoisotopic (exact) mass is 387 g/mol. The lowest BCUT2D eigenvalue weighted by molar-refractivity contribution is 0.0696. The Kier molecular flexibility index (Phi) is 5.17. The number of hydrogen-bond donors (Lipinski definition) is 1. The van der Waals surface area contributed by atoms with E-state index in [0.29, 0.717) is 18.4 Å². The van der Waals surface area contributed by atoms with Gasteiger partial charge >= 0.3 is 5.97 Å². The summed E-state index contributed by atoms with van der Waals surface area (Å²) >= 11 is 0. The van der Waals surface area contributed by atoms with Crippen LogP contribution in [-0.4, -0.2) is 42.2 Å². The number of hydrogen-bond acceptors (Lipinski definition) is 4. The van der Waals surface area contributed by atoms with E-state index in [1.807, 2.05) is 19.9 Å². The molecule has 1 N–H and O–H groups in total. The molecule has 1 fully saturated rings. The zero-order valence-corrected chi connectivity index (χ0v) is 16.0. The van der Waals surface area contributed by atoms with Crippen LogP contribution in [0.3, 0.4) is 0 Å². The summed E-state index contributed by atoms with van der Waals surface area (Å²) in [5.41, 5.74) is 2.42. The molecule has 1 heterocycles. The van der Waals surface area contributed by atoms with Crippen molar-refractivity contribution in [3.8, 4) is 0 Å². The third kappa shape index (κ3) is 3.65. The zero-order chi connectivity index (χ0) is 19.8. The van der Waals surface area contributed by atoms with Crippen molar-refractivity contribution in [1.29, 1.82) is 0 Å². The molecule has 1 saturated heterocycles. The molecule has 1 aliphatic rings. The second-order valence-corrected chi connectivity index (χ2v) is 8.66. The van der Waals surface area contributed by atoms with Crippen LogP contribution in [0.15, 0.2) is 47.4 Å². The maximum Gasteiger partial charge on any atom is 0.335 e. The van der Waals surface area contributed by atoms with Gasteiger partial charge in [0.2, 0.25) is 10.0 Å². The predicted octanol–water partition coefficient (Wildman–Crippen LogP) is 3.04. The lowest BCUT2D eigenvalue weighted by atomic mass is 9.99. The molecule has 2 aromatic carbocycles. The van der Waals surface area contributed by atoms with E-state index in [1.165, 1.54) is 22.5 Å². The van der Waals surface area contributed by atoms with Gasteiger partial charge in [-0.3, -0.25) is 4.79 Å². The van der Waals surface area contributed by atoms with Crippen molar-refractivity contribution < 1.29 is 23.1 Å². The lowest BCUT2D eigenvalue weighted by Gasteiger charge is -2.23. The second-order valence-electron chi connectivity index (χ2n) is 6.77. The van der Waals surface area contributed by atoms with Crippen LogP contribution >= 0.6 is 0 Å². The Balaban J connectivity index is 1.95. The zero-order valence-electron chi connectivity index (χ0n) is 15.2. The predicted molar refractivity (Wildman–Crippen MR) is 101 cm³/mol. The molecule has 0 aromatic heterocycles. The Morgan fingerprint density at radius 1 is 1.04 bits per heavy atom. The highest BCUT2D eigenvalue weighted by Crippen LogP contribution is 2.29. The molecule has 0 spiro atoms. The molecule has 7 heteroatoms. The molecule has 1 aliphatic heterocycles. The number of ketones is 1. The normalized spacial score (nSPS) is 17.8. The van der Waals surface area contributed by atoms with Crippen LogP contribution in [0, 0.1) is 13.8 Å². The smallest absolute Gasteiger partial charge is 0.335 e. The highest BCUT2D eigenvalue weighted by atomic mass is 32.2. The number of nitrogens with zero attached hydrogens (tertiary/aromatic N) is 1. The van der Waals surface area contributed by atoms with Gasteiger partial charge in [-0.15, -0.1) is 0 Å². The Hall–Kier alpha value is -2.51. The molecule has 0 aliphatic carbocycles. The summed E-state index contributed by atoms with van der Waals surface area (Å²) in [4.78, 5) is 24.0. The maximum atomic E-state index is 13.1. The number of carboxylic acids is 1. The summed E-state index contributed by atoms with van der Waals surface area (Å²) in [5, 5.41) is 9.12. The lowest BCUT2D eigenvalue weighted by Crippen LogP contribution is -2.40. The SMILES string of the molecule is Cc1ccc(C(=O)C2CCCN2S(=O)(=O)c2cccc(C(=O)O)c2)cc1C. The van der Waals surface area contributed by atoms with Crippen LogP contribution in [0.5, 0.6) is 0 Å². The molecule has 1 atom stereocenters. The summed E-state index contributed by atoms with van der Waals surface area (Å²) in [7, 11) is -3.97. The molecule has 0 bridgehead atoms. The van der Waals surface area contributed by atoms with Crippen molar-refractivity contribution >= 4 is 21.8 Å². The number of aryl methyl sites for hydroxylation is 2. The number of benzene rings is 2. The topological polar surface area (TPSA) is 91.8 Å². The molecule has 0 radical (unpaired) electrons. The van der Waals surface area contributed by atoms with E-state index < -0.39 is 22.0 Å². The number of aromatic carboxylic acids is 1. The fourth-order valence-electron chi connectivity index (χ4n) is 3.30. The third-order valence-corrected chi connectivity index (χ3v) is 6.89. The first-order valence-electron chi connectivity index (χ1n) is 8.68. The minimum absolute atomic E-state index is 0.104. The Morgan fingerprint density at radius 2 is 1.78 bits per heavy atom. The van der Waals surface area contributed by atoms with Crippen molar-refractivity contribution in [3.05, 3.63) is 64.7 Å². The number of sulfonamides is 1. The van der Waals surface area contributed by atoms with Crippen LogP contribution in [0.1, 0.15) is 44.7 Å². The fourth-order valence-corrected chi connectivity index (χ4v) is 5.00. The molecule has 0 amide bonds. The second kappa shape index (κ2) is 7.25. The summed E-state index contributed by atoms with van der Waals surface area (Å²) in [5.74, 6) is -1.43. The molecule has 6 nitrogen and oxygen atoms in total. The summed E-state index contributed by atoms with van der Waals surface area (Å²) in [6.45, 7) is 4.10. The standard InChI is InChI=1S/C20H21NO5S/c1-13-8-9-15(11-14(13)2)19(22)18-7-4-10-21(18)27(25,26)17-6-3-5-16(12-17)20(23)24/h3,5-6,8-9,11-12,18H,4,7,10H2,1-2H3,(H,23,24). The molecule has 142 valence electrons. The molecular weight excluding hydrogens is 366 g/mol. The van der Waals surface area contributed by atoms with E-state index in [0.717, 1.165) is 17.2 Å². The Labute approximate surface area is 158 Å². The van der Waals surface area contributed by atoms with E-state index in [9.17, 15) is 18.0 Å². The quantitative estimate of drug-likeness (QED) is 0.796. The fraction of sp³-hybridized carbons (Fsp3) is 0.300. The first kappa shape index (κ1) is 19.3. The van der Waals surface area contributed by atoms with Gasteiger partial charge in [0.15, 0.2) is 5.78 Å². The molecule has 3 rings (SSSR count). The minimum atomic E-state index is -3.97. The van der Waals surface area contributed by atoms with E-state index in [1.54, 1.807) is 12.1 Å². The van der Waals surface area contributed by atoms with Gasteiger partial charge in [0, 0.05) is 12.1 Å². The number of carbonyl (C=O) groups is 2. The number of rotatable bonds is 5. The van der Waals surface area contributed by atoms with Crippen LogP contribution in [0.4, 0.5) is 0 Å². The average Bonchev–Trinajstić information content (AvgIpc) is 3.14. The molecule has 0 saturated carbocycles. The molecule has 2 aromatic rings. The van der Waals surface area contributed by atoms with Crippen molar-refractivity contribution in [2.75, 3.05) is 6.54 Å². The van der Waals surface area contributed by atoms with E-state index in [4.69, 9.17) is 5.11 Å². The molecule has 1 unspecified atom stereocenters. The van der Waals surface area contributed by atoms with E-state index in [2.05, 4.69) is 0 Å². The van der Waals surface area contributed by atoms with Gasteiger partial charge in [0.25, 0.3) is 0 Å². The number of carbonyl (C=O) groups excluding carboxylic acids is 1. The van der Waals surface area contributed by atoms with Crippen molar-refractivity contribution in [3.63, 3.8) is 0 Å². The first-order chi connectivity index (χ1) is 12.7. The van der Waals surface area contributed by atoms with E-state index >= 15 is 0 Å². The number of carboxylic acid groups (broad SMARTS) is 1. The van der Waals surface area contributed by atoms with Gasteiger partial charge in [0.05, 0.1) is 16.5 Å². The molecule has 27 heavy (non-hydrogen) atoms. The summed E-state index contributed by atoms with van der Waals surface area (Å²) in [6.07, 6.45) is 1.03. The van der Waals surface area contributed by atoms with E-state index in [-0.39, 0.29) is 22.8 Å². The van der Waals surface area contributed by atoms with Crippen molar-refractivity contribution in [2.24, 2.45) is 0 Å². The van der Waals surface area contributed by atoms with Crippen LogP contribution in [0.25, 0.3) is 0 Å². The number of Topliss-reactive ketones (excluding diaryl/α,β-unsaturated/α-hetero) is 1. The van der Waals surface area contributed by atoms with Crippen LogP contribution in [-0.2, 0) is 10.0 Å². The Morgan fingerprint density at radius 3 is 2.44 bits per heavy atom. The maximum absolute atomic E-state index is 13.1. The van der Waals surface area contributed by atoms with Gasteiger partial charge in [0.1, 0.15) is 0 Å². The van der Waals surface area contributed by atoms with Crippen LogP contribution in [0.2, 0.25) is 0 Å².